The molecule has 1 aliphatic heterocycles. The Morgan fingerprint density at radius 2 is 1.88 bits per heavy atom. The van der Waals surface area contributed by atoms with Crippen LogP contribution < -0.4 is 10.5 Å². The highest BCUT2D eigenvalue weighted by Gasteiger charge is 2.23. The molecule has 2 N–H and O–H groups in total. The molecule has 1 atom stereocenters. The van der Waals surface area contributed by atoms with Gasteiger partial charge in [0.15, 0.2) is 0 Å². The molecule has 5 nitrogen and oxygen atoms in total. The van der Waals surface area contributed by atoms with Crippen LogP contribution in [-0.4, -0.2) is 14.8 Å². The Labute approximate surface area is 141 Å². The van der Waals surface area contributed by atoms with E-state index in [1.807, 2.05) is 35.0 Å². The summed E-state index contributed by atoms with van der Waals surface area (Å²) in [4.78, 5) is 4.31. The summed E-state index contributed by atoms with van der Waals surface area (Å²) >= 11 is 0. The van der Waals surface area contributed by atoms with Crippen LogP contribution in [-0.2, 0) is 13.0 Å². The summed E-state index contributed by atoms with van der Waals surface area (Å²) in [6.07, 6.45) is 3.11. The highest BCUT2D eigenvalue weighted by molar-refractivity contribution is 5.31. The molecule has 122 valence electrons. The molecule has 0 fully saturated rings. The topological polar surface area (TPSA) is 66.0 Å². The third-order valence-electron chi connectivity index (χ3n) is 4.40. The number of anilines is 1. The van der Waals surface area contributed by atoms with E-state index < -0.39 is 0 Å². The molecule has 0 bridgehead atoms. The van der Waals surface area contributed by atoms with Gasteiger partial charge in [0, 0.05) is 6.42 Å². The summed E-state index contributed by atoms with van der Waals surface area (Å²) in [5, 5.41) is 4.36. The summed E-state index contributed by atoms with van der Waals surface area (Å²) in [6, 6.07) is 18.6. The molecule has 0 aliphatic carbocycles. The Hall–Kier alpha value is -2.82. The maximum absolute atomic E-state index is 5.85. The minimum atomic E-state index is 0.210. The lowest BCUT2D eigenvalue weighted by Crippen LogP contribution is -2.20. The standard InChI is InChI=1S/C19H20N4O/c20-19-21-18-8-4-7-17(23(18)22-19)15-9-11-16(12-10-15)24-13-14-5-2-1-3-6-14/h1-3,5-6,9-12,17H,4,7-8,13H2,(H2,20,22). The molecular formula is C19H20N4O. The SMILES string of the molecule is Nc1nc2n(n1)C(c1ccc(OCc3ccccc3)cc1)CCC2. The van der Waals surface area contributed by atoms with Crippen molar-refractivity contribution in [1.82, 2.24) is 14.8 Å². The van der Waals surface area contributed by atoms with Gasteiger partial charge in [-0.25, -0.2) is 4.68 Å². The summed E-state index contributed by atoms with van der Waals surface area (Å²) in [6.45, 7) is 0.577. The lowest BCUT2D eigenvalue weighted by Gasteiger charge is -2.23. The van der Waals surface area contributed by atoms with Gasteiger partial charge in [-0.15, -0.1) is 5.10 Å². The van der Waals surface area contributed by atoms with Gasteiger partial charge in [-0.3, -0.25) is 0 Å². The minimum absolute atomic E-state index is 0.210. The minimum Gasteiger partial charge on any atom is -0.489 e. The molecule has 0 saturated heterocycles. The first-order valence-corrected chi connectivity index (χ1v) is 8.27. The Bertz CT molecular complexity index is 811. The zero-order chi connectivity index (χ0) is 16.4. The molecular weight excluding hydrogens is 300 g/mol. The molecule has 3 aromatic rings. The van der Waals surface area contributed by atoms with Gasteiger partial charge in [-0.05, 0) is 36.1 Å². The smallest absolute Gasteiger partial charge is 0.239 e. The van der Waals surface area contributed by atoms with E-state index in [1.165, 1.54) is 5.56 Å². The number of nitrogens with two attached hydrogens (primary N) is 1. The normalized spacial score (nSPS) is 16.6. The number of benzene rings is 2. The Morgan fingerprint density at radius 1 is 1.08 bits per heavy atom. The fraction of sp³-hybridized carbons (Fsp3) is 0.263. The zero-order valence-electron chi connectivity index (χ0n) is 13.4. The maximum Gasteiger partial charge on any atom is 0.239 e. The van der Waals surface area contributed by atoms with Gasteiger partial charge in [0.05, 0.1) is 6.04 Å². The van der Waals surface area contributed by atoms with Crippen molar-refractivity contribution < 1.29 is 4.74 Å². The summed E-state index contributed by atoms with van der Waals surface area (Å²) < 4.78 is 7.82. The number of aromatic nitrogens is 3. The monoisotopic (exact) mass is 320 g/mol. The summed E-state index contributed by atoms with van der Waals surface area (Å²) in [7, 11) is 0. The number of rotatable bonds is 4. The van der Waals surface area contributed by atoms with Gasteiger partial charge in [0.1, 0.15) is 18.2 Å². The van der Waals surface area contributed by atoms with Gasteiger partial charge in [0.2, 0.25) is 5.95 Å². The number of hydrogen-bond acceptors (Lipinski definition) is 4. The lowest BCUT2D eigenvalue weighted by molar-refractivity contribution is 0.306. The van der Waals surface area contributed by atoms with Crippen LogP contribution in [0.2, 0.25) is 0 Å². The highest BCUT2D eigenvalue weighted by Crippen LogP contribution is 2.30. The second-order valence-electron chi connectivity index (χ2n) is 6.08. The van der Waals surface area contributed by atoms with Crippen LogP contribution in [0.15, 0.2) is 54.6 Å². The van der Waals surface area contributed by atoms with Crippen molar-refractivity contribution >= 4 is 5.95 Å². The fourth-order valence-electron chi connectivity index (χ4n) is 3.20. The molecule has 1 unspecified atom stereocenters. The van der Waals surface area contributed by atoms with E-state index in [0.717, 1.165) is 36.4 Å². The first kappa shape index (κ1) is 14.8. The molecule has 0 saturated carbocycles. The van der Waals surface area contributed by atoms with Crippen LogP contribution in [0.3, 0.4) is 0 Å². The van der Waals surface area contributed by atoms with Gasteiger partial charge < -0.3 is 10.5 Å². The second kappa shape index (κ2) is 6.35. The largest absolute Gasteiger partial charge is 0.489 e. The first-order valence-electron chi connectivity index (χ1n) is 8.27. The van der Waals surface area contributed by atoms with Crippen LogP contribution in [0.1, 0.15) is 35.8 Å². The molecule has 2 aromatic carbocycles. The molecule has 1 aromatic heterocycles. The number of hydrogen-bond donors (Lipinski definition) is 1. The van der Waals surface area contributed by atoms with E-state index in [0.29, 0.717) is 12.6 Å². The number of fused-ring (bicyclic) bond motifs is 1. The zero-order valence-corrected chi connectivity index (χ0v) is 13.4. The van der Waals surface area contributed by atoms with E-state index in [9.17, 15) is 0 Å². The predicted molar refractivity (Wildman–Crippen MR) is 92.7 cm³/mol. The lowest BCUT2D eigenvalue weighted by atomic mass is 9.98. The summed E-state index contributed by atoms with van der Waals surface area (Å²) in [5.74, 6) is 2.21. The predicted octanol–water partition coefficient (Wildman–Crippen LogP) is 3.37. The molecule has 24 heavy (non-hydrogen) atoms. The Morgan fingerprint density at radius 3 is 2.67 bits per heavy atom. The summed E-state index contributed by atoms with van der Waals surface area (Å²) in [5.41, 5.74) is 8.13. The van der Waals surface area contributed by atoms with Crippen molar-refractivity contribution in [1.29, 1.82) is 0 Å². The van der Waals surface area contributed by atoms with Crippen molar-refractivity contribution in [2.45, 2.75) is 31.9 Å². The van der Waals surface area contributed by atoms with Crippen molar-refractivity contribution in [2.24, 2.45) is 0 Å². The van der Waals surface area contributed by atoms with Crippen molar-refractivity contribution in [3.05, 3.63) is 71.5 Å². The van der Waals surface area contributed by atoms with Crippen molar-refractivity contribution in [2.75, 3.05) is 5.73 Å². The quantitative estimate of drug-likeness (QED) is 0.800. The first-order chi connectivity index (χ1) is 11.8. The molecule has 4 rings (SSSR count). The number of nitrogen functional groups attached to an aromatic ring is 1. The number of nitrogens with zero attached hydrogens (tertiary/aromatic N) is 3. The Kier molecular flexibility index (Phi) is 3.91. The van der Waals surface area contributed by atoms with Gasteiger partial charge >= 0.3 is 0 Å². The number of aryl methyl sites for hydroxylation is 1. The van der Waals surface area contributed by atoms with Crippen LogP contribution >= 0.6 is 0 Å². The van der Waals surface area contributed by atoms with E-state index in [-0.39, 0.29) is 6.04 Å². The highest BCUT2D eigenvalue weighted by atomic mass is 16.5. The average Bonchev–Trinajstić information content (AvgIpc) is 3.01. The third kappa shape index (κ3) is 2.97. The molecule has 5 heteroatoms. The van der Waals surface area contributed by atoms with Crippen LogP contribution in [0.5, 0.6) is 5.75 Å². The molecule has 2 heterocycles. The molecule has 0 spiro atoms. The van der Waals surface area contributed by atoms with E-state index >= 15 is 0 Å². The number of ether oxygens (including phenoxy) is 1. The fourth-order valence-corrected chi connectivity index (χ4v) is 3.20. The van der Waals surface area contributed by atoms with Gasteiger partial charge in [-0.2, -0.15) is 4.98 Å². The van der Waals surface area contributed by atoms with E-state index in [1.54, 1.807) is 0 Å². The molecule has 0 radical (unpaired) electrons. The van der Waals surface area contributed by atoms with E-state index in [4.69, 9.17) is 10.5 Å². The Balaban J connectivity index is 1.48. The van der Waals surface area contributed by atoms with Crippen LogP contribution in [0.25, 0.3) is 0 Å². The maximum atomic E-state index is 5.85. The molecule has 1 aliphatic rings. The second-order valence-corrected chi connectivity index (χ2v) is 6.08. The van der Waals surface area contributed by atoms with Gasteiger partial charge in [-0.1, -0.05) is 42.5 Å². The van der Waals surface area contributed by atoms with E-state index in [2.05, 4.69) is 34.3 Å². The molecule has 0 amide bonds. The van der Waals surface area contributed by atoms with Crippen LogP contribution in [0.4, 0.5) is 5.95 Å². The van der Waals surface area contributed by atoms with Crippen molar-refractivity contribution in [3.8, 4) is 5.75 Å². The third-order valence-corrected chi connectivity index (χ3v) is 4.40. The van der Waals surface area contributed by atoms with Crippen molar-refractivity contribution in [3.63, 3.8) is 0 Å². The van der Waals surface area contributed by atoms with Crippen LogP contribution in [0, 0.1) is 0 Å². The van der Waals surface area contributed by atoms with Gasteiger partial charge in [0.25, 0.3) is 0 Å². The average molecular weight is 320 g/mol.